The van der Waals surface area contributed by atoms with E-state index in [1.54, 1.807) is 12.1 Å². The number of benzene rings is 1. The number of nitrogens with one attached hydrogen (secondary N) is 1. The SMILES string of the molecule is CC(Nc1ccccc1[N+](=O)[O-])C1CCOCC1. The molecule has 0 bridgehead atoms. The van der Waals surface area contributed by atoms with Crippen LogP contribution in [-0.2, 0) is 4.74 Å². The monoisotopic (exact) mass is 250 g/mol. The minimum absolute atomic E-state index is 0.136. The summed E-state index contributed by atoms with van der Waals surface area (Å²) in [6.07, 6.45) is 2.02. The van der Waals surface area contributed by atoms with Crippen molar-refractivity contribution >= 4 is 11.4 Å². The van der Waals surface area contributed by atoms with Gasteiger partial charge < -0.3 is 10.1 Å². The maximum absolute atomic E-state index is 10.9. The summed E-state index contributed by atoms with van der Waals surface area (Å²) in [5, 5.41) is 14.2. The molecule has 1 saturated heterocycles. The van der Waals surface area contributed by atoms with E-state index >= 15 is 0 Å². The van der Waals surface area contributed by atoms with Crippen molar-refractivity contribution in [2.75, 3.05) is 18.5 Å². The van der Waals surface area contributed by atoms with Crippen LogP contribution in [0.1, 0.15) is 19.8 Å². The zero-order valence-corrected chi connectivity index (χ0v) is 10.5. The highest BCUT2D eigenvalue weighted by molar-refractivity contribution is 5.61. The first-order chi connectivity index (χ1) is 8.68. The number of para-hydroxylation sites is 2. The molecule has 1 fully saturated rings. The molecular weight excluding hydrogens is 232 g/mol. The Balaban J connectivity index is 2.06. The molecule has 18 heavy (non-hydrogen) atoms. The number of ether oxygens (including phenoxy) is 1. The first-order valence-electron chi connectivity index (χ1n) is 6.26. The van der Waals surface area contributed by atoms with E-state index in [9.17, 15) is 10.1 Å². The van der Waals surface area contributed by atoms with Crippen LogP contribution in [0.25, 0.3) is 0 Å². The van der Waals surface area contributed by atoms with Crippen molar-refractivity contribution in [3.05, 3.63) is 34.4 Å². The summed E-state index contributed by atoms with van der Waals surface area (Å²) in [5.41, 5.74) is 0.734. The van der Waals surface area contributed by atoms with E-state index in [1.165, 1.54) is 6.07 Å². The van der Waals surface area contributed by atoms with Crippen molar-refractivity contribution in [1.82, 2.24) is 0 Å². The number of nitro benzene ring substituents is 1. The third-order valence-corrected chi connectivity index (χ3v) is 3.46. The molecule has 5 nitrogen and oxygen atoms in total. The van der Waals surface area contributed by atoms with Crippen LogP contribution in [0, 0.1) is 16.0 Å². The molecule has 0 spiro atoms. The van der Waals surface area contributed by atoms with E-state index < -0.39 is 0 Å². The zero-order valence-electron chi connectivity index (χ0n) is 10.5. The maximum atomic E-state index is 10.9. The fraction of sp³-hybridized carbons (Fsp3) is 0.538. The number of rotatable bonds is 4. The van der Waals surface area contributed by atoms with Gasteiger partial charge in [0.1, 0.15) is 5.69 Å². The van der Waals surface area contributed by atoms with Crippen molar-refractivity contribution in [3.8, 4) is 0 Å². The molecule has 0 amide bonds. The minimum atomic E-state index is -0.348. The summed E-state index contributed by atoms with van der Waals surface area (Å²) >= 11 is 0. The highest BCUT2D eigenvalue weighted by atomic mass is 16.6. The third-order valence-electron chi connectivity index (χ3n) is 3.46. The Kier molecular flexibility index (Phi) is 4.15. The van der Waals surface area contributed by atoms with Crippen molar-refractivity contribution < 1.29 is 9.66 Å². The van der Waals surface area contributed by atoms with Crippen molar-refractivity contribution in [2.45, 2.75) is 25.8 Å². The Labute approximate surface area is 106 Å². The fourth-order valence-electron chi connectivity index (χ4n) is 2.33. The summed E-state index contributed by atoms with van der Waals surface area (Å²) in [7, 11) is 0. The average molecular weight is 250 g/mol. The summed E-state index contributed by atoms with van der Waals surface area (Å²) < 4.78 is 5.33. The molecule has 0 aromatic heterocycles. The van der Waals surface area contributed by atoms with E-state index in [0.717, 1.165) is 26.1 Å². The van der Waals surface area contributed by atoms with E-state index in [4.69, 9.17) is 4.74 Å². The predicted octanol–water partition coefficient (Wildman–Crippen LogP) is 2.82. The second-order valence-electron chi connectivity index (χ2n) is 4.66. The van der Waals surface area contributed by atoms with Crippen LogP contribution in [0.5, 0.6) is 0 Å². The van der Waals surface area contributed by atoms with Gasteiger partial charge >= 0.3 is 0 Å². The van der Waals surface area contributed by atoms with E-state index in [-0.39, 0.29) is 16.7 Å². The third kappa shape index (κ3) is 2.98. The van der Waals surface area contributed by atoms with Gasteiger partial charge in [-0.1, -0.05) is 12.1 Å². The lowest BCUT2D eigenvalue weighted by Gasteiger charge is -2.28. The Morgan fingerprint density at radius 2 is 2.06 bits per heavy atom. The molecule has 1 aromatic rings. The molecule has 1 aliphatic heterocycles. The summed E-state index contributed by atoms with van der Waals surface area (Å²) in [4.78, 5) is 10.6. The van der Waals surface area contributed by atoms with Crippen LogP contribution in [0.3, 0.4) is 0 Å². The lowest BCUT2D eigenvalue weighted by atomic mass is 9.93. The first-order valence-corrected chi connectivity index (χ1v) is 6.26. The van der Waals surface area contributed by atoms with Gasteiger partial charge in [0, 0.05) is 25.3 Å². The summed E-state index contributed by atoms with van der Waals surface area (Å²) in [6, 6.07) is 7.00. The molecule has 98 valence electrons. The Morgan fingerprint density at radius 3 is 2.72 bits per heavy atom. The number of nitrogens with zero attached hydrogens (tertiary/aromatic N) is 1. The first kappa shape index (κ1) is 12.8. The molecule has 0 saturated carbocycles. The molecule has 1 aliphatic rings. The Bertz CT molecular complexity index is 416. The van der Waals surface area contributed by atoms with Crippen LogP contribution in [0.15, 0.2) is 24.3 Å². The van der Waals surface area contributed by atoms with Crippen molar-refractivity contribution in [3.63, 3.8) is 0 Å². The van der Waals surface area contributed by atoms with Gasteiger partial charge in [0.25, 0.3) is 5.69 Å². The lowest BCUT2D eigenvalue weighted by Crippen LogP contribution is -2.31. The molecule has 2 rings (SSSR count). The van der Waals surface area contributed by atoms with Gasteiger partial charge in [0.15, 0.2) is 0 Å². The highest BCUT2D eigenvalue weighted by Crippen LogP contribution is 2.27. The molecule has 1 aromatic carbocycles. The van der Waals surface area contributed by atoms with E-state index in [1.807, 2.05) is 6.07 Å². The molecule has 1 heterocycles. The maximum Gasteiger partial charge on any atom is 0.292 e. The van der Waals surface area contributed by atoms with Crippen molar-refractivity contribution in [2.24, 2.45) is 5.92 Å². The molecule has 0 aliphatic carbocycles. The van der Waals surface area contributed by atoms with Gasteiger partial charge in [-0.05, 0) is 31.7 Å². The van der Waals surface area contributed by atoms with Crippen molar-refractivity contribution in [1.29, 1.82) is 0 Å². The number of hydrogen-bond acceptors (Lipinski definition) is 4. The summed E-state index contributed by atoms with van der Waals surface area (Å²) in [5.74, 6) is 0.513. The van der Waals surface area contributed by atoms with Gasteiger partial charge in [0.2, 0.25) is 0 Å². The smallest absolute Gasteiger partial charge is 0.292 e. The second kappa shape index (κ2) is 5.82. The molecule has 1 N–H and O–H groups in total. The molecule has 5 heteroatoms. The van der Waals surface area contributed by atoms with Crippen LogP contribution in [0.2, 0.25) is 0 Å². The normalized spacial score (nSPS) is 18.3. The fourth-order valence-corrected chi connectivity index (χ4v) is 2.33. The van der Waals surface area contributed by atoms with Crippen LogP contribution in [0.4, 0.5) is 11.4 Å². The van der Waals surface area contributed by atoms with Gasteiger partial charge in [-0.15, -0.1) is 0 Å². The van der Waals surface area contributed by atoms with Gasteiger partial charge in [-0.3, -0.25) is 10.1 Å². The van der Waals surface area contributed by atoms with Crippen LogP contribution < -0.4 is 5.32 Å². The molecule has 1 atom stereocenters. The lowest BCUT2D eigenvalue weighted by molar-refractivity contribution is -0.384. The van der Waals surface area contributed by atoms with Gasteiger partial charge in [0.05, 0.1) is 4.92 Å². The topological polar surface area (TPSA) is 64.4 Å². The van der Waals surface area contributed by atoms with Gasteiger partial charge in [-0.2, -0.15) is 0 Å². The van der Waals surface area contributed by atoms with Crippen LogP contribution >= 0.6 is 0 Å². The largest absolute Gasteiger partial charge is 0.381 e. The Hall–Kier alpha value is -1.62. The summed E-state index contributed by atoms with van der Waals surface area (Å²) in [6.45, 7) is 3.65. The quantitative estimate of drug-likeness (QED) is 0.659. The number of hydrogen-bond donors (Lipinski definition) is 1. The molecule has 1 unspecified atom stereocenters. The van der Waals surface area contributed by atoms with E-state index in [2.05, 4.69) is 12.2 Å². The average Bonchev–Trinajstić information content (AvgIpc) is 2.40. The standard InChI is InChI=1S/C13H18N2O3/c1-10(11-6-8-18-9-7-11)14-12-4-2-3-5-13(12)15(16)17/h2-5,10-11,14H,6-9H2,1H3. The van der Waals surface area contributed by atoms with Gasteiger partial charge in [-0.25, -0.2) is 0 Å². The number of anilines is 1. The Morgan fingerprint density at radius 1 is 1.39 bits per heavy atom. The minimum Gasteiger partial charge on any atom is -0.381 e. The second-order valence-corrected chi connectivity index (χ2v) is 4.66. The molecular formula is C13H18N2O3. The predicted molar refractivity (Wildman–Crippen MR) is 69.7 cm³/mol. The van der Waals surface area contributed by atoms with Crippen LogP contribution in [-0.4, -0.2) is 24.2 Å². The molecule has 0 radical (unpaired) electrons. The highest BCUT2D eigenvalue weighted by Gasteiger charge is 2.22. The zero-order chi connectivity index (χ0) is 13.0. The number of nitro groups is 1. The van der Waals surface area contributed by atoms with E-state index in [0.29, 0.717) is 11.6 Å².